The third-order valence-electron chi connectivity index (χ3n) is 2.27. The Bertz CT molecular complexity index is 746. The smallest absolute Gasteiger partial charge is 0.263 e. The fourth-order valence-corrected chi connectivity index (χ4v) is 2.80. The highest BCUT2D eigenvalue weighted by molar-refractivity contribution is 8.14. The number of aromatic amines is 1. The van der Waals surface area contributed by atoms with Crippen LogP contribution in [0, 0.1) is 11.3 Å². The summed E-state index contributed by atoms with van der Waals surface area (Å²) < 4.78 is 27.8. The van der Waals surface area contributed by atoms with Crippen LogP contribution in [0.1, 0.15) is 0 Å². The minimum Gasteiger partial charge on any atom is -0.475 e. The molecule has 0 atom stereocenters. The summed E-state index contributed by atoms with van der Waals surface area (Å²) in [5.74, 6) is 0.224. The molecule has 1 aromatic carbocycles. The molecule has 0 aliphatic heterocycles. The lowest BCUT2D eigenvalue weighted by molar-refractivity contribution is 0.372. The van der Waals surface area contributed by atoms with Crippen molar-refractivity contribution in [3.63, 3.8) is 0 Å². The van der Waals surface area contributed by atoms with Gasteiger partial charge in [-0.1, -0.05) is 11.6 Å². The number of ether oxygens (including phenoxy) is 1. The van der Waals surface area contributed by atoms with Crippen LogP contribution >= 0.6 is 22.3 Å². The summed E-state index contributed by atoms with van der Waals surface area (Å²) in [4.78, 5) is 2.67. The van der Waals surface area contributed by atoms with Crippen LogP contribution in [0.3, 0.4) is 0 Å². The summed E-state index contributed by atoms with van der Waals surface area (Å²) in [6.45, 7) is -0.194. The monoisotopic (exact) mass is 304 g/mol. The molecule has 2 aromatic rings. The van der Waals surface area contributed by atoms with Gasteiger partial charge in [-0.3, -0.25) is 0 Å². The highest BCUT2D eigenvalue weighted by Crippen LogP contribution is 2.36. The van der Waals surface area contributed by atoms with E-state index in [1.807, 2.05) is 0 Å². The number of hydrogen-bond acceptors (Lipinski definition) is 4. The van der Waals surface area contributed by atoms with Gasteiger partial charge >= 0.3 is 0 Å². The topological polar surface area (TPSA) is 82.9 Å². The number of rotatable bonds is 3. The quantitative estimate of drug-likeness (QED) is 0.884. The first-order valence-electron chi connectivity index (χ1n) is 4.69. The lowest BCUT2D eigenvalue weighted by Crippen LogP contribution is -1.95. The zero-order valence-corrected chi connectivity index (χ0v) is 11.1. The fraction of sp³-hybridized carbons (Fsp3) is 0.100. The van der Waals surface area contributed by atoms with Crippen LogP contribution in [-0.2, 0) is 9.05 Å². The van der Waals surface area contributed by atoms with Gasteiger partial charge in [0.05, 0.1) is 10.5 Å². The molecule has 0 spiro atoms. The Kier molecular flexibility index (Phi) is 3.39. The van der Waals surface area contributed by atoms with Crippen molar-refractivity contribution in [2.75, 3.05) is 6.61 Å². The van der Waals surface area contributed by atoms with Gasteiger partial charge in [0.2, 0.25) is 0 Å². The normalized spacial score (nSPS) is 11.4. The summed E-state index contributed by atoms with van der Waals surface area (Å²) in [6.07, 6.45) is 1.25. The lowest BCUT2D eigenvalue weighted by atomic mass is 10.2. The first-order valence-corrected chi connectivity index (χ1v) is 7.38. The number of aromatic nitrogens is 1. The Morgan fingerprint density at radius 2 is 2.17 bits per heavy atom. The highest BCUT2D eigenvalue weighted by Gasteiger charge is 2.19. The number of hydrogen-bond donors (Lipinski definition) is 1. The van der Waals surface area contributed by atoms with Crippen molar-refractivity contribution in [3.8, 4) is 11.8 Å². The Morgan fingerprint density at radius 3 is 2.78 bits per heavy atom. The van der Waals surface area contributed by atoms with E-state index in [1.54, 1.807) is 6.07 Å². The molecule has 0 amide bonds. The molecule has 1 N–H and O–H groups in total. The molecule has 94 valence electrons. The van der Waals surface area contributed by atoms with Crippen molar-refractivity contribution < 1.29 is 13.2 Å². The largest absolute Gasteiger partial charge is 0.475 e. The van der Waals surface area contributed by atoms with Crippen LogP contribution in [0.2, 0.25) is 5.02 Å². The van der Waals surface area contributed by atoms with Crippen LogP contribution in [-0.4, -0.2) is 20.0 Å². The number of nitriles is 1. The Labute approximate surface area is 112 Å². The molecule has 18 heavy (non-hydrogen) atoms. The third-order valence-corrected chi connectivity index (χ3v) is 3.93. The second-order valence-electron chi connectivity index (χ2n) is 3.34. The second-order valence-corrected chi connectivity index (χ2v) is 6.28. The summed E-state index contributed by atoms with van der Waals surface area (Å²) in [5, 5.41) is 9.12. The molecule has 0 unspecified atom stereocenters. The maximum absolute atomic E-state index is 11.3. The Hall–Kier alpha value is -1.42. The third kappa shape index (κ3) is 2.25. The molecular weight excluding hydrogens is 299 g/mol. The second kappa shape index (κ2) is 4.69. The summed E-state index contributed by atoms with van der Waals surface area (Å²) in [5.41, 5.74) is 0.386. The van der Waals surface area contributed by atoms with Crippen LogP contribution in [0.15, 0.2) is 23.2 Å². The minimum atomic E-state index is -3.86. The number of H-pyrrole nitrogens is 1. The first-order chi connectivity index (χ1) is 8.45. The lowest BCUT2D eigenvalue weighted by Gasteiger charge is -2.05. The van der Waals surface area contributed by atoms with Gasteiger partial charge in [-0.25, -0.2) is 8.42 Å². The molecule has 0 aliphatic carbocycles. The SMILES string of the molecule is N#CCOc1c(Cl)ccc2c(S(=O)(=O)Cl)c[nH]c12. The summed E-state index contributed by atoms with van der Waals surface area (Å²) >= 11 is 5.93. The summed E-state index contributed by atoms with van der Waals surface area (Å²) in [7, 11) is 1.44. The molecule has 0 aliphatic rings. The van der Waals surface area contributed by atoms with E-state index in [-0.39, 0.29) is 22.3 Å². The molecular formula is C10H6Cl2N2O3S. The van der Waals surface area contributed by atoms with E-state index < -0.39 is 9.05 Å². The maximum Gasteiger partial charge on any atom is 0.263 e. The fourth-order valence-electron chi connectivity index (χ4n) is 1.57. The van der Waals surface area contributed by atoms with Gasteiger partial charge in [0, 0.05) is 22.3 Å². The van der Waals surface area contributed by atoms with E-state index in [9.17, 15) is 8.42 Å². The average molecular weight is 305 g/mol. The molecule has 8 heteroatoms. The number of benzene rings is 1. The Morgan fingerprint density at radius 1 is 1.44 bits per heavy atom. The van der Waals surface area contributed by atoms with E-state index in [1.165, 1.54) is 18.3 Å². The van der Waals surface area contributed by atoms with Crippen LogP contribution < -0.4 is 4.74 Å². The van der Waals surface area contributed by atoms with Gasteiger partial charge < -0.3 is 9.72 Å². The number of fused-ring (bicyclic) bond motifs is 1. The van der Waals surface area contributed by atoms with Crippen molar-refractivity contribution >= 4 is 42.2 Å². The first kappa shape index (κ1) is 13.0. The van der Waals surface area contributed by atoms with E-state index in [2.05, 4.69) is 4.98 Å². The predicted molar refractivity (Wildman–Crippen MR) is 67.5 cm³/mol. The van der Waals surface area contributed by atoms with E-state index in [0.717, 1.165) is 0 Å². The number of nitrogens with zero attached hydrogens (tertiary/aromatic N) is 1. The minimum absolute atomic E-state index is 0.0577. The molecule has 0 radical (unpaired) electrons. The molecule has 1 heterocycles. The molecule has 5 nitrogen and oxygen atoms in total. The standard InChI is InChI=1S/C10H6Cl2N2O3S/c11-7-2-1-6-8(18(12,15)16)5-14-9(6)10(7)17-4-3-13/h1-2,5,14H,4H2. The van der Waals surface area contributed by atoms with Crippen LogP contribution in [0.4, 0.5) is 0 Å². The molecule has 0 saturated carbocycles. The maximum atomic E-state index is 11.3. The highest BCUT2D eigenvalue weighted by atomic mass is 35.7. The van der Waals surface area contributed by atoms with Gasteiger partial charge in [-0.2, -0.15) is 5.26 Å². The van der Waals surface area contributed by atoms with Crippen molar-refractivity contribution in [1.29, 1.82) is 5.26 Å². The van der Waals surface area contributed by atoms with Crippen molar-refractivity contribution in [2.45, 2.75) is 4.90 Å². The molecule has 0 fully saturated rings. The van der Waals surface area contributed by atoms with Crippen LogP contribution in [0.25, 0.3) is 10.9 Å². The van der Waals surface area contributed by atoms with Crippen molar-refractivity contribution in [3.05, 3.63) is 23.4 Å². The predicted octanol–water partition coefficient (Wildman–Crippen LogP) is 2.65. The molecule has 1 aromatic heterocycles. The van der Waals surface area contributed by atoms with Crippen LogP contribution in [0.5, 0.6) is 5.75 Å². The van der Waals surface area contributed by atoms with Gasteiger partial charge in [0.25, 0.3) is 9.05 Å². The van der Waals surface area contributed by atoms with Gasteiger partial charge in [0.15, 0.2) is 12.4 Å². The van der Waals surface area contributed by atoms with Crippen molar-refractivity contribution in [1.82, 2.24) is 4.98 Å². The molecule has 0 bridgehead atoms. The zero-order chi connectivity index (χ0) is 13.3. The zero-order valence-electron chi connectivity index (χ0n) is 8.78. The van der Waals surface area contributed by atoms with Crippen molar-refractivity contribution in [2.24, 2.45) is 0 Å². The van der Waals surface area contributed by atoms with Gasteiger partial charge in [-0.15, -0.1) is 0 Å². The van der Waals surface area contributed by atoms with Gasteiger partial charge in [0.1, 0.15) is 11.0 Å². The Balaban J connectivity index is 2.70. The molecule has 2 rings (SSSR count). The van der Waals surface area contributed by atoms with E-state index in [0.29, 0.717) is 10.9 Å². The van der Waals surface area contributed by atoms with E-state index >= 15 is 0 Å². The average Bonchev–Trinajstić information content (AvgIpc) is 2.71. The van der Waals surface area contributed by atoms with Gasteiger partial charge in [-0.05, 0) is 12.1 Å². The number of halogens is 2. The number of nitrogens with one attached hydrogen (secondary N) is 1. The molecule has 0 saturated heterocycles. The van der Waals surface area contributed by atoms with E-state index in [4.69, 9.17) is 32.3 Å². The summed E-state index contributed by atoms with van der Waals surface area (Å²) in [6, 6.07) is 4.80.